The Morgan fingerprint density at radius 3 is 1.59 bits per heavy atom. The Labute approximate surface area is 295 Å². The number of hydrogen-bond donors (Lipinski definition) is 1. The summed E-state index contributed by atoms with van der Waals surface area (Å²) in [5.74, 6) is -0.688. The molecule has 6 nitrogen and oxygen atoms in total. The van der Waals surface area contributed by atoms with Gasteiger partial charge in [0.15, 0.2) is 0 Å². The minimum atomic E-state index is -1.10. The summed E-state index contributed by atoms with van der Waals surface area (Å²) in [6.07, 6.45) is 10.1. The number of carbonyl (C=O) groups excluding carboxylic acids is 1. The Bertz CT molecular complexity index is 2040. The second-order valence-corrected chi connectivity index (χ2v) is 12.8. The number of rotatable bonds is 11. The third-order valence-electron chi connectivity index (χ3n) is 7.77. The topological polar surface area (TPSA) is 70.1 Å². The maximum atomic E-state index is 12.6. The fraction of sp³-hybridized carbons (Fsp3) is 0.0488. The van der Waals surface area contributed by atoms with Gasteiger partial charge in [-0.05, 0) is 82.4 Å². The average Bonchev–Trinajstić information content (AvgIpc) is 3.39. The molecule has 1 aliphatic rings. The molecule has 0 aromatic heterocycles. The van der Waals surface area contributed by atoms with E-state index in [2.05, 4.69) is 95.9 Å². The molecule has 0 unspecified atom stereocenters. The molecule has 1 aliphatic heterocycles. The first-order valence-corrected chi connectivity index (χ1v) is 16.7. The van der Waals surface area contributed by atoms with E-state index in [1.54, 1.807) is 13.2 Å². The van der Waals surface area contributed by atoms with Crippen molar-refractivity contribution in [1.82, 2.24) is 4.90 Å². The Morgan fingerprint density at radius 1 is 0.694 bits per heavy atom. The molecule has 1 saturated heterocycles. The maximum absolute atomic E-state index is 12.6. The molecule has 5 aromatic carbocycles. The molecule has 0 aliphatic carbocycles. The number of methoxy groups -OCH3 is 1. The molecule has 1 fully saturated rings. The number of anilines is 3. The molecular formula is C41H32N2O4S2. The van der Waals surface area contributed by atoms with Crippen molar-refractivity contribution in [3.63, 3.8) is 0 Å². The summed E-state index contributed by atoms with van der Waals surface area (Å²) in [6.45, 7) is -0.438. The van der Waals surface area contributed by atoms with Gasteiger partial charge in [-0.25, -0.2) is 0 Å². The third-order valence-corrected chi connectivity index (χ3v) is 9.15. The Balaban J connectivity index is 1.17. The quantitative estimate of drug-likeness (QED) is 0.0846. The van der Waals surface area contributed by atoms with Crippen LogP contribution in [0.3, 0.4) is 0 Å². The van der Waals surface area contributed by atoms with Crippen molar-refractivity contribution in [1.29, 1.82) is 0 Å². The van der Waals surface area contributed by atoms with Crippen LogP contribution in [0.15, 0.2) is 132 Å². The number of aliphatic carboxylic acids is 1. The number of carbonyl (C=O) groups is 2. The van der Waals surface area contributed by atoms with Crippen LogP contribution in [0.2, 0.25) is 0 Å². The fourth-order valence-corrected chi connectivity index (χ4v) is 6.48. The number of nitrogens with zero attached hydrogens (tertiary/aromatic N) is 2. The van der Waals surface area contributed by atoms with Crippen LogP contribution in [0, 0.1) is 0 Å². The smallest absolute Gasteiger partial charge is 0.323 e. The molecule has 1 amide bonds. The van der Waals surface area contributed by atoms with Crippen LogP contribution in [-0.4, -0.2) is 39.9 Å². The van der Waals surface area contributed by atoms with Gasteiger partial charge in [-0.1, -0.05) is 127 Å². The number of amides is 1. The maximum Gasteiger partial charge on any atom is 0.323 e. The average molecular weight is 681 g/mol. The zero-order chi connectivity index (χ0) is 34.2. The lowest BCUT2D eigenvalue weighted by atomic mass is 10.1. The number of carboxylic acids is 1. The summed E-state index contributed by atoms with van der Waals surface area (Å²) in [4.78, 5) is 27.4. The lowest BCUT2D eigenvalue weighted by Gasteiger charge is -2.26. The molecule has 1 N–H and O–H groups in total. The first-order valence-electron chi connectivity index (χ1n) is 15.5. The highest BCUT2D eigenvalue weighted by Crippen LogP contribution is 2.36. The van der Waals surface area contributed by atoms with Gasteiger partial charge in [0.1, 0.15) is 16.6 Å². The molecule has 0 spiro atoms. The SMILES string of the molecule is COc1ccc(N(c2ccc(/C=C/c3ccccc3)cc2)c2ccc(/C=C/c3ccc(/C=C4\SC(=S)N(CC(=O)O)C4=O)cc3)cc2)cc1. The molecule has 5 aromatic rings. The van der Waals surface area contributed by atoms with Gasteiger partial charge in [0, 0.05) is 17.1 Å². The zero-order valence-electron chi connectivity index (χ0n) is 26.6. The number of benzene rings is 5. The number of thiocarbonyl (C=S) groups is 1. The van der Waals surface area contributed by atoms with Crippen molar-refractivity contribution in [3.05, 3.63) is 160 Å². The summed E-state index contributed by atoms with van der Waals surface area (Å²) in [5, 5.41) is 9.05. The van der Waals surface area contributed by atoms with E-state index in [-0.39, 0.29) is 10.2 Å². The van der Waals surface area contributed by atoms with Crippen molar-refractivity contribution in [3.8, 4) is 5.75 Å². The van der Waals surface area contributed by atoms with Gasteiger partial charge >= 0.3 is 5.97 Å². The minimum Gasteiger partial charge on any atom is -0.497 e. The van der Waals surface area contributed by atoms with E-state index in [4.69, 9.17) is 22.1 Å². The highest BCUT2D eigenvalue weighted by Gasteiger charge is 2.33. The van der Waals surface area contributed by atoms with E-state index in [0.29, 0.717) is 4.91 Å². The van der Waals surface area contributed by atoms with E-state index in [9.17, 15) is 9.59 Å². The lowest BCUT2D eigenvalue weighted by molar-refractivity contribution is -0.140. The van der Waals surface area contributed by atoms with Crippen molar-refractivity contribution in [2.24, 2.45) is 0 Å². The number of hydrogen-bond acceptors (Lipinski definition) is 6. The molecule has 6 rings (SSSR count). The first kappa shape index (κ1) is 33.2. The fourth-order valence-electron chi connectivity index (χ4n) is 5.22. The monoisotopic (exact) mass is 680 g/mol. The number of carboxylic acid groups (broad SMARTS) is 1. The second kappa shape index (κ2) is 15.5. The normalized spacial score (nSPS) is 13.9. The van der Waals surface area contributed by atoms with E-state index in [0.717, 1.165) is 67.3 Å². The first-order chi connectivity index (χ1) is 23.9. The standard InChI is InChI=1S/C41H32N2O4S2/c1-47-37-25-23-36(24-26-37)43(34-19-15-31(16-20-34)8-7-29-5-3-2-4-6-29)35-21-17-32(18-22-35)10-9-30-11-13-33(14-12-30)27-38-40(46)42(28-39(44)45)41(48)49-38/h2-27H,28H2,1H3,(H,44,45)/b8-7+,10-9+,38-27-. The molecule has 1 heterocycles. The van der Waals surface area contributed by atoms with Crippen molar-refractivity contribution in [2.45, 2.75) is 0 Å². The van der Waals surface area contributed by atoms with E-state index in [1.165, 1.54) is 0 Å². The molecule has 0 radical (unpaired) electrons. The van der Waals surface area contributed by atoms with E-state index >= 15 is 0 Å². The lowest BCUT2D eigenvalue weighted by Crippen LogP contribution is -2.33. The molecule has 0 atom stereocenters. The van der Waals surface area contributed by atoms with Gasteiger partial charge in [0.05, 0.1) is 12.0 Å². The highest BCUT2D eigenvalue weighted by atomic mass is 32.2. The Kier molecular flexibility index (Phi) is 10.5. The van der Waals surface area contributed by atoms with Crippen molar-refractivity contribution >= 4 is 87.6 Å². The van der Waals surface area contributed by atoms with Crippen LogP contribution in [0.4, 0.5) is 17.1 Å². The predicted molar refractivity (Wildman–Crippen MR) is 206 cm³/mol. The van der Waals surface area contributed by atoms with E-state index in [1.807, 2.05) is 60.7 Å². The second-order valence-electron chi connectivity index (χ2n) is 11.1. The summed E-state index contributed by atoms with van der Waals surface area (Å²) in [5.41, 5.74) is 8.22. The predicted octanol–water partition coefficient (Wildman–Crippen LogP) is 9.79. The summed E-state index contributed by atoms with van der Waals surface area (Å²) >= 11 is 6.30. The summed E-state index contributed by atoms with van der Waals surface area (Å²) in [6, 6.07) is 43.0. The van der Waals surface area contributed by atoms with Gasteiger partial charge in [0.2, 0.25) is 0 Å². The largest absolute Gasteiger partial charge is 0.497 e. The van der Waals surface area contributed by atoms with Crippen LogP contribution in [0.1, 0.15) is 27.8 Å². The Morgan fingerprint density at radius 2 is 1.12 bits per heavy atom. The highest BCUT2D eigenvalue weighted by molar-refractivity contribution is 8.26. The van der Waals surface area contributed by atoms with Gasteiger partial charge in [-0.15, -0.1) is 0 Å². The molecule has 8 heteroatoms. The molecule has 0 bridgehead atoms. The van der Waals surface area contributed by atoms with Crippen LogP contribution < -0.4 is 9.64 Å². The van der Waals surface area contributed by atoms with Crippen LogP contribution in [0.25, 0.3) is 30.4 Å². The summed E-state index contributed by atoms with van der Waals surface area (Å²) < 4.78 is 5.65. The molecule has 0 saturated carbocycles. The minimum absolute atomic E-state index is 0.251. The van der Waals surface area contributed by atoms with E-state index < -0.39 is 12.5 Å². The van der Waals surface area contributed by atoms with Crippen LogP contribution in [-0.2, 0) is 9.59 Å². The van der Waals surface area contributed by atoms with Gasteiger partial charge in [-0.2, -0.15) is 0 Å². The van der Waals surface area contributed by atoms with Gasteiger partial charge < -0.3 is 14.7 Å². The van der Waals surface area contributed by atoms with Crippen molar-refractivity contribution in [2.75, 3.05) is 18.6 Å². The molecule has 49 heavy (non-hydrogen) atoms. The molecular weight excluding hydrogens is 649 g/mol. The van der Waals surface area contributed by atoms with Gasteiger partial charge in [0.25, 0.3) is 5.91 Å². The van der Waals surface area contributed by atoms with Crippen LogP contribution >= 0.6 is 24.0 Å². The molecule has 242 valence electrons. The van der Waals surface area contributed by atoms with Gasteiger partial charge in [-0.3, -0.25) is 14.5 Å². The number of thioether (sulfide) groups is 1. The summed E-state index contributed by atoms with van der Waals surface area (Å²) in [7, 11) is 1.67. The van der Waals surface area contributed by atoms with Crippen LogP contribution in [0.5, 0.6) is 5.75 Å². The van der Waals surface area contributed by atoms with Crippen molar-refractivity contribution < 1.29 is 19.4 Å². The Hall–Kier alpha value is -5.70. The third kappa shape index (κ3) is 8.43. The number of ether oxygens (including phenoxy) is 1. The zero-order valence-corrected chi connectivity index (χ0v) is 28.2.